The molecular formula is C22H28N2O2. The van der Waals surface area contributed by atoms with E-state index in [1.165, 1.54) is 16.7 Å². The van der Waals surface area contributed by atoms with Crippen molar-refractivity contribution in [2.24, 2.45) is 0 Å². The van der Waals surface area contributed by atoms with Crippen molar-refractivity contribution < 1.29 is 9.84 Å². The number of ether oxygens (including phenoxy) is 1. The van der Waals surface area contributed by atoms with Crippen LogP contribution in [0.4, 0.5) is 0 Å². The summed E-state index contributed by atoms with van der Waals surface area (Å²) >= 11 is 0. The highest BCUT2D eigenvalue weighted by molar-refractivity contribution is 5.45. The number of piperidine rings is 1. The van der Waals surface area contributed by atoms with Crippen LogP contribution in [-0.2, 0) is 11.8 Å². The van der Waals surface area contributed by atoms with Gasteiger partial charge in [-0.05, 0) is 61.7 Å². The van der Waals surface area contributed by atoms with Crippen LogP contribution in [0, 0.1) is 0 Å². The largest absolute Gasteiger partial charge is 0.496 e. The van der Waals surface area contributed by atoms with Crippen LogP contribution in [0.1, 0.15) is 35.6 Å². The van der Waals surface area contributed by atoms with Gasteiger partial charge in [-0.2, -0.15) is 0 Å². The van der Waals surface area contributed by atoms with Crippen molar-refractivity contribution in [3.05, 3.63) is 65.2 Å². The Morgan fingerprint density at radius 2 is 1.85 bits per heavy atom. The molecule has 26 heavy (non-hydrogen) atoms. The molecule has 4 rings (SSSR count). The van der Waals surface area contributed by atoms with Crippen LogP contribution < -0.4 is 15.4 Å². The highest BCUT2D eigenvalue weighted by Gasteiger charge is 2.51. The van der Waals surface area contributed by atoms with Crippen LogP contribution in [-0.4, -0.2) is 38.0 Å². The lowest BCUT2D eigenvalue weighted by molar-refractivity contribution is 0.0445. The molecule has 3 N–H and O–H groups in total. The molecule has 0 amide bonds. The van der Waals surface area contributed by atoms with Crippen molar-refractivity contribution in [3.63, 3.8) is 0 Å². The minimum Gasteiger partial charge on any atom is -0.496 e. The zero-order chi connectivity index (χ0) is 18.0. The molecular weight excluding hydrogens is 324 g/mol. The molecule has 1 heterocycles. The summed E-state index contributed by atoms with van der Waals surface area (Å²) in [6, 6.07) is 16.7. The first-order valence-electron chi connectivity index (χ1n) is 9.60. The predicted molar refractivity (Wildman–Crippen MR) is 104 cm³/mol. The number of rotatable bonds is 5. The maximum Gasteiger partial charge on any atom is 0.122 e. The fourth-order valence-electron chi connectivity index (χ4n) is 4.80. The van der Waals surface area contributed by atoms with Crippen LogP contribution in [0.2, 0.25) is 0 Å². The first kappa shape index (κ1) is 17.5. The van der Waals surface area contributed by atoms with Gasteiger partial charge in [0.25, 0.3) is 0 Å². The molecule has 0 aromatic heterocycles. The van der Waals surface area contributed by atoms with E-state index >= 15 is 0 Å². The van der Waals surface area contributed by atoms with E-state index in [4.69, 9.17) is 4.74 Å². The topological polar surface area (TPSA) is 53.5 Å². The van der Waals surface area contributed by atoms with Crippen molar-refractivity contribution in [1.82, 2.24) is 10.6 Å². The zero-order valence-electron chi connectivity index (χ0n) is 15.4. The van der Waals surface area contributed by atoms with Crippen LogP contribution in [0.25, 0.3) is 0 Å². The molecule has 4 nitrogen and oxygen atoms in total. The summed E-state index contributed by atoms with van der Waals surface area (Å²) in [6.45, 7) is 2.75. The van der Waals surface area contributed by atoms with Gasteiger partial charge in [-0.25, -0.2) is 0 Å². The Hall–Kier alpha value is -1.88. The number of para-hydroxylation sites is 1. The molecule has 1 fully saturated rings. The fraction of sp³-hybridized carbons (Fsp3) is 0.455. The van der Waals surface area contributed by atoms with Crippen molar-refractivity contribution in [3.8, 4) is 5.75 Å². The summed E-state index contributed by atoms with van der Waals surface area (Å²) in [5, 5.41) is 18.3. The van der Waals surface area contributed by atoms with Gasteiger partial charge in [-0.3, -0.25) is 0 Å². The number of aliphatic hydroxyl groups excluding tert-OH is 1. The summed E-state index contributed by atoms with van der Waals surface area (Å²) in [6.07, 6.45) is 2.50. The van der Waals surface area contributed by atoms with E-state index in [2.05, 4.69) is 41.0 Å². The Balaban J connectivity index is 1.52. The van der Waals surface area contributed by atoms with Gasteiger partial charge in [0.1, 0.15) is 5.75 Å². The van der Waals surface area contributed by atoms with Gasteiger partial charge >= 0.3 is 0 Å². The third-order valence-corrected chi connectivity index (χ3v) is 6.16. The van der Waals surface area contributed by atoms with Gasteiger partial charge in [0, 0.05) is 5.41 Å². The molecule has 4 heteroatoms. The SMILES string of the molecule is COc1ccccc1CCN[C@@H]1c2ccccc2C2(CCNCC2)[C@H]1O. The van der Waals surface area contributed by atoms with Gasteiger partial charge in [0.05, 0.1) is 19.3 Å². The molecule has 2 aromatic rings. The molecule has 138 valence electrons. The molecule has 0 radical (unpaired) electrons. The van der Waals surface area contributed by atoms with E-state index in [0.717, 1.165) is 44.6 Å². The van der Waals surface area contributed by atoms with Crippen LogP contribution in [0.15, 0.2) is 48.5 Å². The number of aliphatic hydroxyl groups is 1. The summed E-state index contributed by atoms with van der Waals surface area (Å²) < 4.78 is 5.45. The molecule has 1 saturated heterocycles. The summed E-state index contributed by atoms with van der Waals surface area (Å²) in [4.78, 5) is 0. The molecule has 0 unspecified atom stereocenters. The van der Waals surface area contributed by atoms with Crippen LogP contribution >= 0.6 is 0 Å². The lowest BCUT2D eigenvalue weighted by atomic mass is 9.72. The van der Waals surface area contributed by atoms with E-state index in [1.807, 2.05) is 18.2 Å². The second-order valence-electron chi connectivity index (χ2n) is 7.43. The molecule has 1 spiro atoms. The van der Waals surface area contributed by atoms with Crippen LogP contribution in [0.5, 0.6) is 5.75 Å². The Labute approximate surface area is 155 Å². The van der Waals surface area contributed by atoms with Gasteiger partial charge < -0.3 is 20.5 Å². The fourth-order valence-corrected chi connectivity index (χ4v) is 4.80. The minimum absolute atomic E-state index is 0.000919. The Morgan fingerprint density at radius 3 is 2.65 bits per heavy atom. The Bertz CT molecular complexity index is 755. The van der Waals surface area contributed by atoms with Gasteiger partial charge in [0.15, 0.2) is 0 Å². The minimum atomic E-state index is -0.375. The maximum absolute atomic E-state index is 11.3. The Kier molecular flexibility index (Phi) is 4.98. The van der Waals surface area contributed by atoms with E-state index in [9.17, 15) is 5.11 Å². The molecule has 1 aliphatic heterocycles. The highest BCUT2D eigenvalue weighted by atomic mass is 16.5. The first-order valence-corrected chi connectivity index (χ1v) is 9.60. The molecule has 1 aliphatic carbocycles. The number of benzene rings is 2. The molecule has 2 aromatic carbocycles. The normalized spacial score (nSPS) is 23.8. The smallest absolute Gasteiger partial charge is 0.122 e. The maximum atomic E-state index is 11.3. The van der Waals surface area contributed by atoms with Crippen LogP contribution in [0.3, 0.4) is 0 Å². The summed E-state index contributed by atoms with van der Waals surface area (Å²) in [7, 11) is 1.71. The van der Waals surface area contributed by atoms with Gasteiger partial charge in [-0.15, -0.1) is 0 Å². The average molecular weight is 352 g/mol. The molecule has 2 atom stereocenters. The standard InChI is InChI=1S/C22H28N2O2/c1-26-19-9-5-2-6-16(19)10-13-24-20-17-7-3-4-8-18(17)22(21(20)25)11-14-23-15-12-22/h2-9,20-21,23-25H,10-15H2,1H3/t20-,21+/m1/s1. The molecule has 0 saturated carbocycles. The van der Waals surface area contributed by atoms with Crippen molar-refractivity contribution >= 4 is 0 Å². The lowest BCUT2D eigenvalue weighted by Gasteiger charge is -2.39. The second-order valence-corrected chi connectivity index (χ2v) is 7.43. The zero-order valence-corrected chi connectivity index (χ0v) is 15.4. The van der Waals surface area contributed by atoms with Crippen molar-refractivity contribution in [2.45, 2.75) is 36.8 Å². The number of fused-ring (bicyclic) bond motifs is 2. The third kappa shape index (κ3) is 2.92. The van der Waals surface area contributed by atoms with Crippen molar-refractivity contribution in [2.75, 3.05) is 26.7 Å². The summed E-state index contributed by atoms with van der Waals surface area (Å²) in [5.41, 5.74) is 3.69. The molecule has 2 aliphatic rings. The monoisotopic (exact) mass is 352 g/mol. The lowest BCUT2D eigenvalue weighted by Crippen LogP contribution is -2.48. The van der Waals surface area contributed by atoms with E-state index in [-0.39, 0.29) is 17.6 Å². The first-order chi connectivity index (χ1) is 12.8. The average Bonchev–Trinajstić information content (AvgIpc) is 2.92. The third-order valence-electron chi connectivity index (χ3n) is 6.16. The predicted octanol–water partition coefficient (Wildman–Crippen LogP) is 2.56. The summed E-state index contributed by atoms with van der Waals surface area (Å²) in [5.74, 6) is 0.927. The number of methoxy groups -OCH3 is 1. The van der Waals surface area contributed by atoms with Gasteiger partial charge in [0.2, 0.25) is 0 Å². The van der Waals surface area contributed by atoms with E-state index < -0.39 is 0 Å². The van der Waals surface area contributed by atoms with Gasteiger partial charge in [-0.1, -0.05) is 42.5 Å². The number of nitrogens with one attached hydrogen (secondary N) is 2. The molecule has 0 bridgehead atoms. The van der Waals surface area contributed by atoms with E-state index in [0.29, 0.717) is 0 Å². The second kappa shape index (κ2) is 7.39. The Morgan fingerprint density at radius 1 is 1.12 bits per heavy atom. The van der Waals surface area contributed by atoms with Crippen molar-refractivity contribution in [1.29, 1.82) is 0 Å². The highest BCUT2D eigenvalue weighted by Crippen LogP contribution is 2.49. The number of hydrogen-bond donors (Lipinski definition) is 3. The quantitative estimate of drug-likeness (QED) is 0.774. The number of hydrogen-bond acceptors (Lipinski definition) is 4. The van der Waals surface area contributed by atoms with E-state index in [1.54, 1.807) is 7.11 Å².